The molecule has 6 nitrogen and oxygen atoms in total. The summed E-state index contributed by atoms with van der Waals surface area (Å²) in [5, 5.41) is 13.3. The number of carbonyl (C=O) groups is 1. The monoisotopic (exact) mass is 271 g/mol. The van der Waals surface area contributed by atoms with Crippen molar-refractivity contribution in [3.8, 4) is 0 Å². The Morgan fingerprint density at radius 1 is 1.53 bits per heavy atom. The summed E-state index contributed by atoms with van der Waals surface area (Å²) < 4.78 is 5.27. The molecule has 0 radical (unpaired) electrons. The Bertz CT molecular complexity index is 289. The molecule has 0 spiro atoms. The van der Waals surface area contributed by atoms with Crippen LogP contribution in [-0.2, 0) is 9.53 Å². The van der Waals surface area contributed by atoms with Crippen molar-refractivity contribution >= 4 is 5.91 Å². The molecule has 0 bridgehead atoms. The molecule has 6 heteroatoms. The first-order valence-electron chi connectivity index (χ1n) is 7.13. The fourth-order valence-electron chi connectivity index (χ4n) is 2.71. The molecule has 0 aromatic rings. The van der Waals surface area contributed by atoms with Crippen LogP contribution in [0.1, 0.15) is 12.8 Å². The van der Waals surface area contributed by atoms with Gasteiger partial charge in [0.2, 0.25) is 5.91 Å². The van der Waals surface area contributed by atoms with Crippen molar-refractivity contribution in [3.63, 3.8) is 0 Å². The quantitative estimate of drug-likeness (QED) is 0.664. The van der Waals surface area contributed by atoms with Gasteiger partial charge in [0.1, 0.15) is 0 Å². The van der Waals surface area contributed by atoms with Gasteiger partial charge in [0.05, 0.1) is 25.4 Å². The lowest BCUT2D eigenvalue weighted by atomic mass is 10.2. The SMILES string of the molecule is CN(C[C@H](O)CN1CCOCC1)C(=O)[C@H]1CCCN1. The van der Waals surface area contributed by atoms with E-state index in [-0.39, 0.29) is 11.9 Å². The molecular weight excluding hydrogens is 246 g/mol. The van der Waals surface area contributed by atoms with Crippen molar-refractivity contribution in [3.05, 3.63) is 0 Å². The summed E-state index contributed by atoms with van der Waals surface area (Å²) >= 11 is 0. The molecule has 0 aromatic carbocycles. The topological polar surface area (TPSA) is 65.0 Å². The van der Waals surface area contributed by atoms with Gasteiger partial charge >= 0.3 is 0 Å². The Morgan fingerprint density at radius 2 is 2.26 bits per heavy atom. The average Bonchev–Trinajstić information content (AvgIpc) is 2.92. The Hall–Kier alpha value is -0.690. The minimum Gasteiger partial charge on any atom is -0.390 e. The normalized spacial score (nSPS) is 26.3. The van der Waals surface area contributed by atoms with Crippen molar-refractivity contribution < 1.29 is 14.6 Å². The number of ether oxygens (including phenoxy) is 1. The van der Waals surface area contributed by atoms with Crippen LogP contribution in [0.15, 0.2) is 0 Å². The molecular formula is C13H25N3O3. The number of nitrogens with zero attached hydrogens (tertiary/aromatic N) is 2. The molecule has 2 heterocycles. The first kappa shape index (κ1) is 14.7. The van der Waals surface area contributed by atoms with Gasteiger partial charge in [-0.3, -0.25) is 9.69 Å². The van der Waals surface area contributed by atoms with Gasteiger partial charge in [-0.2, -0.15) is 0 Å². The van der Waals surface area contributed by atoms with Gasteiger partial charge in [-0.15, -0.1) is 0 Å². The number of amides is 1. The Labute approximate surface area is 114 Å². The summed E-state index contributed by atoms with van der Waals surface area (Å²) in [5.74, 6) is 0.0959. The third-order valence-electron chi connectivity index (χ3n) is 3.79. The molecule has 2 aliphatic rings. The van der Waals surface area contributed by atoms with Crippen molar-refractivity contribution in [2.24, 2.45) is 0 Å². The van der Waals surface area contributed by atoms with Gasteiger partial charge < -0.3 is 20.1 Å². The van der Waals surface area contributed by atoms with Crippen molar-refractivity contribution in [2.45, 2.75) is 25.0 Å². The van der Waals surface area contributed by atoms with Gasteiger partial charge in [0.25, 0.3) is 0 Å². The molecule has 0 saturated carbocycles. The van der Waals surface area contributed by atoms with Gasteiger partial charge in [-0.05, 0) is 19.4 Å². The first-order valence-corrected chi connectivity index (χ1v) is 7.13. The van der Waals surface area contributed by atoms with Gasteiger partial charge in [0, 0.05) is 33.2 Å². The molecule has 2 fully saturated rings. The van der Waals surface area contributed by atoms with E-state index in [0.29, 0.717) is 13.1 Å². The second kappa shape index (κ2) is 7.19. The molecule has 2 N–H and O–H groups in total. The zero-order chi connectivity index (χ0) is 13.7. The Balaban J connectivity index is 1.70. The minimum absolute atomic E-state index is 0.0550. The molecule has 2 saturated heterocycles. The highest BCUT2D eigenvalue weighted by Gasteiger charge is 2.26. The number of aliphatic hydroxyl groups is 1. The maximum absolute atomic E-state index is 12.1. The predicted molar refractivity (Wildman–Crippen MR) is 71.9 cm³/mol. The summed E-state index contributed by atoms with van der Waals surface area (Å²) in [4.78, 5) is 15.9. The van der Waals surface area contributed by atoms with E-state index in [0.717, 1.165) is 45.7 Å². The molecule has 1 amide bonds. The Morgan fingerprint density at radius 3 is 2.89 bits per heavy atom. The van der Waals surface area contributed by atoms with E-state index in [4.69, 9.17) is 4.74 Å². The lowest BCUT2D eigenvalue weighted by Crippen LogP contribution is -2.48. The number of nitrogens with one attached hydrogen (secondary N) is 1. The van der Waals surface area contributed by atoms with E-state index in [1.165, 1.54) is 0 Å². The lowest BCUT2D eigenvalue weighted by Gasteiger charge is -2.30. The summed E-state index contributed by atoms with van der Waals surface area (Å²) in [6, 6.07) is -0.0550. The molecule has 0 aliphatic carbocycles. The smallest absolute Gasteiger partial charge is 0.239 e. The Kier molecular flexibility index (Phi) is 5.57. The number of rotatable bonds is 5. The third kappa shape index (κ3) is 4.42. The molecule has 2 aliphatic heterocycles. The van der Waals surface area contributed by atoms with E-state index < -0.39 is 6.10 Å². The number of morpholine rings is 1. The standard InChI is InChI=1S/C13H25N3O3/c1-15(13(18)12-3-2-4-14-12)9-11(17)10-16-5-7-19-8-6-16/h11-12,14,17H,2-10H2,1H3/t11-,12+/m0/s1. The van der Waals surface area contributed by atoms with Gasteiger partial charge in [0.15, 0.2) is 0 Å². The van der Waals surface area contributed by atoms with E-state index in [1.54, 1.807) is 11.9 Å². The number of aliphatic hydroxyl groups excluding tert-OH is 1. The van der Waals surface area contributed by atoms with Gasteiger partial charge in [-0.25, -0.2) is 0 Å². The van der Waals surface area contributed by atoms with E-state index in [1.807, 2.05) is 0 Å². The fraction of sp³-hybridized carbons (Fsp3) is 0.923. The molecule has 0 aromatic heterocycles. The number of hydrogen-bond donors (Lipinski definition) is 2. The second-order valence-electron chi connectivity index (χ2n) is 5.43. The van der Waals surface area contributed by atoms with Gasteiger partial charge in [-0.1, -0.05) is 0 Å². The van der Waals surface area contributed by atoms with Crippen LogP contribution in [0.25, 0.3) is 0 Å². The van der Waals surface area contributed by atoms with Crippen LogP contribution in [0.3, 0.4) is 0 Å². The van der Waals surface area contributed by atoms with Crippen LogP contribution in [0, 0.1) is 0 Å². The molecule has 2 atom stereocenters. The maximum atomic E-state index is 12.1. The zero-order valence-electron chi connectivity index (χ0n) is 11.7. The zero-order valence-corrected chi connectivity index (χ0v) is 11.7. The second-order valence-corrected chi connectivity index (χ2v) is 5.43. The van der Waals surface area contributed by atoms with Crippen molar-refractivity contribution in [1.29, 1.82) is 0 Å². The lowest BCUT2D eigenvalue weighted by molar-refractivity contribution is -0.133. The van der Waals surface area contributed by atoms with Crippen LogP contribution in [-0.4, -0.2) is 85.9 Å². The average molecular weight is 271 g/mol. The summed E-state index contributed by atoms with van der Waals surface area (Å²) in [5.41, 5.74) is 0. The third-order valence-corrected chi connectivity index (χ3v) is 3.79. The van der Waals surface area contributed by atoms with E-state index in [2.05, 4.69) is 10.2 Å². The van der Waals surface area contributed by atoms with E-state index >= 15 is 0 Å². The van der Waals surface area contributed by atoms with Crippen LogP contribution in [0.4, 0.5) is 0 Å². The number of hydrogen-bond acceptors (Lipinski definition) is 5. The highest BCUT2D eigenvalue weighted by atomic mass is 16.5. The first-order chi connectivity index (χ1) is 9.16. The van der Waals surface area contributed by atoms with E-state index in [9.17, 15) is 9.90 Å². The molecule has 110 valence electrons. The molecule has 0 unspecified atom stereocenters. The highest BCUT2D eigenvalue weighted by Crippen LogP contribution is 2.08. The van der Waals surface area contributed by atoms with Crippen LogP contribution in [0.5, 0.6) is 0 Å². The highest BCUT2D eigenvalue weighted by molar-refractivity contribution is 5.81. The van der Waals surface area contributed by atoms with Crippen LogP contribution < -0.4 is 5.32 Å². The van der Waals surface area contributed by atoms with Crippen LogP contribution in [0.2, 0.25) is 0 Å². The maximum Gasteiger partial charge on any atom is 0.239 e. The van der Waals surface area contributed by atoms with Crippen molar-refractivity contribution in [1.82, 2.24) is 15.1 Å². The fourth-order valence-corrected chi connectivity index (χ4v) is 2.71. The number of β-amino-alcohol motifs (C(OH)–C–C–N with tert-alkyl or cyclic N) is 1. The summed E-state index contributed by atoms with van der Waals surface area (Å²) in [6.45, 7) is 5.10. The predicted octanol–water partition coefficient (Wildman–Crippen LogP) is -1.11. The van der Waals surface area contributed by atoms with Crippen LogP contribution >= 0.6 is 0 Å². The van der Waals surface area contributed by atoms with Crippen molar-refractivity contribution in [2.75, 3.05) is 53.0 Å². The minimum atomic E-state index is -0.492. The summed E-state index contributed by atoms with van der Waals surface area (Å²) in [7, 11) is 1.77. The number of likely N-dealkylation sites (N-methyl/N-ethyl adjacent to an activating group) is 1. The largest absolute Gasteiger partial charge is 0.390 e. The molecule has 2 rings (SSSR count). The molecule has 19 heavy (non-hydrogen) atoms. The summed E-state index contributed by atoms with van der Waals surface area (Å²) in [6.07, 6.45) is 1.47. The number of carbonyl (C=O) groups excluding carboxylic acids is 1.